The van der Waals surface area contributed by atoms with Crippen LogP contribution >= 0.6 is 0 Å². The number of fused-ring (bicyclic) bond motifs is 3. The van der Waals surface area contributed by atoms with Gasteiger partial charge in [0.15, 0.2) is 0 Å². The van der Waals surface area contributed by atoms with Crippen LogP contribution in [-0.4, -0.2) is 47.1 Å². The van der Waals surface area contributed by atoms with Gasteiger partial charge in [-0.3, -0.25) is 0 Å². The van der Waals surface area contributed by atoms with Crippen LogP contribution in [0, 0.1) is 0 Å². The number of hydrogen-bond acceptors (Lipinski definition) is 3. The summed E-state index contributed by atoms with van der Waals surface area (Å²) in [7, 11) is 2.14. The summed E-state index contributed by atoms with van der Waals surface area (Å²) in [5.74, 6) is -0.404. The number of para-hydroxylation sites is 1. The van der Waals surface area contributed by atoms with Gasteiger partial charge >= 0.3 is 5.97 Å². The number of halogens is 2. The number of hydrogen-bond donors (Lipinski definition) is 0. The fourth-order valence-corrected chi connectivity index (χ4v) is 4.38. The van der Waals surface area contributed by atoms with E-state index >= 15 is 0 Å². The van der Waals surface area contributed by atoms with E-state index in [1.165, 1.54) is 10.8 Å². The lowest BCUT2D eigenvalue weighted by molar-refractivity contribution is -0.000317. The first kappa shape index (κ1) is 16.5. The second kappa shape index (κ2) is 6.41. The summed E-state index contributed by atoms with van der Waals surface area (Å²) in [6.07, 6.45) is 2.97. The average Bonchev–Trinajstić information content (AvgIpc) is 3.01. The topological polar surface area (TPSA) is 34.5 Å². The summed E-state index contributed by atoms with van der Waals surface area (Å²) >= 11 is 0. The second-order valence-corrected chi connectivity index (χ2v) is 7.15. The van der Waals surface area contributed by atoms with Crippen molar-refractivity contribution in [1.29, 1.82) is 0 Å². The van der Waals surface area contributed by atoms with Gasteiger partial charge in [-0.15, -0.1) is 0 Å². The Bertz CT molecular complexity index is 775. The van der Waals surface area contributed by atoms with E-state index < -0.39 is 18.9 Å². The molecule has 2 aliphatic heterocycles. The highest BCUT2D eigenvalue weighted by Gasteiger charge is 2.40. The molecule has 3 heterocycles. The lowest BCUT2D eigenvalue weighted by atomic mass is 10.0. The van der Waals surface area contributed by atoms with Crippen molar-refractivity contribution in [2.24, 2.45) is 0 Å². The predicted octanol–water partition coefficient (Wildman–Crippen LogP) is 3.69. The maximum absolute atomic E-state index is 12.8. The van der Waals surface area contributed by atoms with Gasteiger partial charge in [-0.2, -0.15) is 0 Å². The van der Waals surface area contributed by atoms with Crippen molar-refractivity contribution >= 4 is 16.9 Å². The van der Waals surface area contributed by atoms with E-state index in [9.17, 15) is 13.6 Å². The zero-order valence-electron chi connectivity index (χ0n) is 14.2. The van der Waals surface area contributed by atoms with Gasteiger partial charge in [0, 0.05) is 42.0 Å². The zero-order chi connectivity index (χ0) is 17.6. The molecule has 0 amide bonds. The van der Waals surface area contributed by atoms with Crippen LogP contribution in [-0.2, 0) is 11.3 Å². The van der Waals surface area contributed by atoms with Crippen LogP contribution in [0.15, 0.2) is 30.5 Å². The minimum Gasteiger partial charge on any atom is -0.459 e. The van der Waals surface area contributed by atoms with Gasteiger partial charge in [0.1, 0.15) is 6.10 Å². The summed E-state index contributed by atoms with van der Waals surface area (Å²) < 4.78 is 32.8. The molecule has 0 unspecified atom stereocenters. The van der Waals surface area contributed by atoms with Crippen molar-refractivity contribution in [2.45, 2.75) is 56.8 Å². The molecule has 134 valence electrons. The molecule has 0 saturated carbocycles. The van der Waals surface area contributed by atoms with E-state index in [-0.39, 0.29) is 6.10 Å². The number of benzene rings is 1. The van der Waals surface area contributed by atoms with E-state index in [1.54, 1.807) is 18.2 Å². The standard InChI is InChI=1S/C19H22F2N2O2/c1-22-12-6-7-13(22)9-14(8-12)25-19(24)16-10-23(11-18(20)21)17-5-3-2-4-15(16)17/h2-5,10,12-14,18H,6-9,11H2,1H3/t12-,13+,14+. The molecule has 6 heteroatoms. The molecule has 2 aromatic rings. The Balaban J connectivity index is 1.56. The fourth-order valence-electron chi connectivity index (χ4n) is 4.38. The normalized spacial score (nSPS) is 26.5. The first-order chi connectivity index (χ1) is 12.0. The van der Waals surface area contributed by atoms with E-state index in [1.807, 2.05) is 6.07 Å². The van der Waals surface area contributed by atoms with Crippen molar-refractivity contribution in [2.75, 3.05) is 7.05 Å². The van der Waals surface area contributed by atoms with Gasteiger partial charge in [0.25, 0.3) is 6.43 Å². The zero-order valence-corrected chi connectivity index (χ0v) is 14.2. The molecule has 4 rings (SSSR count). The van der Waals surface area contributed by atoms with E-state index in [4.69, 9.17) is 4.74 Å². The molecule has 0 radical (unpaired) electrons. The molecule has 0 N–H and O–H groups in total. The van der Waals surface area contributed by atoms with Gasteiger partial charge in [-0.05, 0) is 26.0 Å². The minimum absolute atomic E-state index is 0.0848. The van der Waals surface area contributed by atoms with Crippen molar-refractivity contribution in [3.05, 3.63) is 36.0 Å². The number of nitrogens with zero attached hydrogens (tertiary/aromatic N) is 2. The number of ether oxygens (including phenoxy) is 1. The maximum Gasteiger partial charge on any atom is 0.340 e. The molecule has 1 aromatic heterocycles. The highest BCUT2D eigenvalue weighted by atomic mass is 19.3. The van der Waals surface area contributed by atoms with Crippen LogP contribution in [0.2, 0.25) is 0 Å². The first-order valence-corrected chi connectivity index (χ1v) is 8.82. The third kappa shape index (κ3) is 3.03. The summed E-state index contributed by atoms with van der Waals surface area (Å²) in [4.78, 5) is 15.1. The SMILES string of the molecule is CN1[C@@H]2CC[C@H]1C[C@@H](OC(=O)c1cn(CC(F)F)c3ccccc13)C2. The van der Waals surface area contributed by atoms with Gasteiger partial charge in [-0.25, -0.2) is 13.6 Å². The Kier molecular flexibility index (Phi) is 4.23. The largest absolute Gasteiger partial charge is 0.459 e. The van der Waals surface area contributed by atoms with Crippen molar-refractivity contribution < 1.29 is 18.3 Å². The number of esters is 1. The lowest BCUT2D eigenvalue weighted by Gasteiger charge is -2.35. The Morgan fingerprint density at radius 2 is 1.92 bits per heavy atom. The van der Waals surface area contributed by atoms with Crippen LogP contribution in [0.5, 0.6) is 0 Å². The molecule has 0 spiro atoms. The molecule has 4 nitrogen and oxygen atoms in total. The van der Waals surface area contributed by atoms with E-state index in [0.29, 0.717) is 28.6 Å². The number of carbonyl (C=O) groups excluding carboxylic acids is 1. The number of alkyl halides is 2. The van der Waals surface area contributed by atoms with Gasteiger partial charge in [0.05, 0.1) is 12.1 Å². The molecule has 2 aliphatic rings. The Morgan fingerprint density at radius 3 is 2.60 bits per heavy atom. The Labute approximate surface area is 145 Å². The maximum atomic E-state index is 12.8. The summed E-state index contributed by atoms with van der Waals surface area (Å²) in [5, 5.41) is 0.670. The lowest BCUT2D eigenvalue weighted by Crippen LogP contribution is -2.43. The van der Waals surface area contributed by atoms with Crippen molar-refractivity contribution in [1.82, 2.24) is 9.47 Å². The van der Waals surface area contributed by atoms with Crippen LogP contribution in [0.25, 0.3) is 10.9 Å². The first-order valence-electron chi connectivity index (χ1n) is 8.82. The van der Waals surface area contributed by atoms with Gasteiger partial charge in [0.2, 0.25) is 0 Å². The van der Waals surface area contributed by atoms with Crippen LogP contribution in [0.1, 0.15) is 36.0 Å². The molecule has 2 saturated heterocycles. The number of aromatic nitrogens is 1. The second-order valence-electron chi connectivity index (χ2n) is 7.15. The highest BCUT2D eigenvalue weighted by Crippen LogP contribution is 2.36. The molecule has 25 heavy (non-hydrogen) atoms. The summed E-state index contributed by atoms with van der Waals surface area (Å²) in [6, 6.07) is 8.10. The van der Waals surface area contributed by atoms with Crippen LogP contribution in [0.3, 0.4) is 0 Å². The van der Waals surface area contributed by atoms with E-state index in [0.717, 1.165) is 25.7 Å². The number of carbonyl (C=O) groups is 1. The summed E-state index contributed by atoms with van der Waals surface area (Å²) in [5.41, 5.74) is 1.01. The molecule has 2 bridgehead atoms. The Hall–Kier alpha value is -1.95. The van der Waals surface area contributed by atoms with Crippen molar-refractivity contribution in [3.63, 3.8) is 0 Å². The molecule has 3 atom stereocenters. The van der Waals surface area contributed by atoms with Gasteiger partial charge < -0.3 is 14.2 Å². The average molecular weight is 348 g/mol. The Morgan fingerprint density at radius 1 is 1.24 bits per heavy atom. The van der Waals surface area contributed by atoms with E-state index in [2.05, 4.69) is 11.9 Å². The van der Waals surface area contributed by atoms with Crippen LogP contribution < -0.4 is 0 Å². The smallest absolute Gasteiger partial charge is 0.340 e. The third-order valence-corrected chi connectivity index (χ3v) is 5.67. The predicted molar refractivity (Wildman–Crippen MR) is 91.0 cm³/mol. The fraction of sp³-hybridized carbons (Fsp3) is 0.526. The van der Waals surface area contributed by atoms with Gasteiger partial charge in [-0.1, -0.05) is 18.2 Å². The number of piperidine rings is 1. The molecular formula is C19H22F2N2O2. The number of rotatable bonds is 4. The van der Waals surface area contributed by atoms with Crippen LogP contribution in [0.4, 0.5) is 8.78 Å². The monoisotopic (exact) mass is 348 g/mol. The molecule has 2 fully saturated rings. The minimum atomic E-state index is -2.47. The highest BCUT2D eigenvalue weighted by molar-refractivity contribution is 6.04. The third-order valence-electron chi connectivity index (χ3n) is 5.67. The molecule has 0 aliphatic carbocycles. The van der Waals surface area contributed by atoms with Crippen molar-refractivity contribution in [3.8, 4) is 0 Å². The quantitative estimate of drug-likeness (QED) is 0.791. The molecule has 1 aromatic carbocycles. The molecular weight excluding hydrogens is 326 g/mol. The summed E-state index contributed by atoms with van der Waals surface area (Å²) in [6.45, 7) is -0.424.